The number of para-hydroxylation sites is 1. The van der Waals surface area contributed by atoms with Gasteiger partial charge in [0.25, 0.3) is 17.5 Å². The number of benzene rings is 2. The van der Waals surface area contributed by atoms with Gasteiger partial charge in [-0.05, 0) is 37.6 Å². The lowest BCUT2D eigenvalue weighted by atomic mass is 10.0. The zero-order valence-electron chi connectivity index (χ0n) is 14.2. The predicted octanol–water partition coefficient (Wildman–Crippen LogP) is 2.73. The summed E-state index contributed by atoms with van der Waals surface area (Å²) in [5, 5.41) is 16.7. The molecule has 1 aliphatic rings. The van der Waals surface area contributed by atoms with Crippen LogP contribution < -0.4 is 15.4 Å². The molecular formula is C18H17N3O5. The highest BCUT2D eigenvalue weighted by Gasteiger charge is 2.24. The van der Waals surface area contributed by atoms with Gasteiger partial charge in [-0.25, -0.2) is 0 Å². The first-order valence-corrected chi connectivity index (χ1v) is 7.98. The lowest BCUT2D eigenvalue weighted by molar-refractivity contribution is -0.385. The van der Waals surface area contributed by atoms with E-state index in [1.54, 1.807) is 44.2 Å². The van der Waals surface area contributed by atoms with Crippen LogP contribution in [0.2, 0.25) is 0 Å². The van der Waals surface area contributed by atoms with Crippen LogP contribution in [-0.4, -0.2) is 23.3 Å². The quantitative estimate of drug-likeness (QED) is 0.647. The molecular weight excluding hydrogens is 338 g/mol. The Morgan fingerprint density at radius 3 is 2.85 bits per heavy atom. The van der Waals surface area contributed by atoms with E-state index in [0.29, 0.717) is 17.0 Å². The van der Waals surface area contributed by atoms with Crippen molar-refractivity contribution in [2.75, 3.05) is 11.9 Å². The number of nitro groups is 1. The Balaban J connectivity index is 1.83. The average molecular weight is 355 g/mol. The fourth-order valence-electron chi connectivity index (χ4n) is 2.81. The number of nitrogens with one attached hydrogen (secondary N) is 2. The number of aryl methyl sites for hydroxylation is 1. The van der Waals surface area contributed by atoms with Gasteiger partial charge in [0.2, 0.25) is 0 Å². The van der Waals surface area contributed by atoms with Crippen molar-refractivity contribution in [1.29, 1.82) is 0 Å². The third-order valence-electron chi connectivity index (χ3n) is 4.15. The molecule has 0 unspecified atom stereocenters. The van der Waals surface area contributed by atoms with Gasteiger partial charge in [0, 0.05) is 5.56 Å². The van der Waals surface area contributed by atoms with Gasteiger partial charge in [0.05, 0.1) is 16.7 Å². The minimum absolute atomic E-state index is 0.0106. The summed E-state index contributed by atoms with van der Waals surface area (Å²) < 4.78 is 5.30. The first kappa shape index (κ1) is 17.4. The Kier molecular flexibility index (Phi) is 4.57. The molecule has 1 heterocycles. The summed E-state index contributed by atoms with van der Waals surface area (Å²) in [7, 11) is 0. The summed E-state index contributed by atoms with van der Waals surface area (Å²) in [6.07, 6.45) is 0. The minimum Gasteiger partial charge on any atom is -0.482 e. The molecule has 0 saturated heterocycles. The maximum absolute atomic E-state index is 12.5. The van der Waals surface area contributed by atoms with Crippen LogP contribution in [0.25, 0.3) is 0 Å². The van der Waals surface area contributed by atoms with Crippen molar-refractivity contribution in [2.24, 2.45) is 0 Å². The van der Waals surface area contributed by atoms with Gasteiger partial charge >= 0.3 is 0 Å². The average Bonchev–Trinajstić information content (AvgIpc) is 2.60. The predicted molar refractivity (Wildman–Crippen MR) is 94.3 cm³/mol. The van der Waals surface area contributed by atoms with Crippen molar-refractivity contribution in [2.45, 2.75) is 19.9 Å². The maximum atomic E-state index is 12.5. The van der Waals surface area contributed by atoms with E-state index in [2.05, 4.69) is 10.6 Å². The van der Waals surface area contributed by atoms with Crippen LogP contribution in [0, 0.1) is 17.0 Å². The first-order chi connectivity index (χ1) is 12.4. The van der Waals surface area contributed by atoms with E-state index < -0.39 is 16.9 Å². The molecule has 26 heavy (non-hydrogen) atoms. The van der Waals surface area contributed by atoms with Gasteiger partial charge in [-0.1, -0.05) is 18.2 Å². The lowest BCUT2D eigenvalue weighted by Gasteiger charge is -2.21. The fourth-order valence-corrected chi connectivity index (χ4v) is 2.81. The normalized spacial score (nSPS) is 13.8. The number of hydrogen-bond acceptors (Lipinski definition) is 5. The second kappa shape index (κ2) is 6.83. The third-order valence-corrected chi connectivity index (χ3v) is 4.15. The number of hydrogen-bond donors (Lipinski definition) is 2. The molecule has 8 nitrogen and oxygen atoms in total. The molecule has 0 fully saturated rings. The highest BCUT2D eigenvalue weighted by atomic mass is 16.6. The second-order valence-corrected chi connectivity index (χ2v) is 6.02. The molecule has 3 rings (SSSR count). The Hall–Kier alpha value is -3.42. The van der Waals surface area contributed by atoms with Crippen molar-refractivity contribution in [1.82, 2.24) is 5.32 Å². The van der Waals surface area contributed by atoms with Crippen LogP contribution in [0.1, 0.15) is 34.5 Å². The molecule has 2 N–H and O–H groups in total. The molecule has 2 amide bonds. The SMILES string of the molecule is Cc1cccc(C(=O)N[C@H](C)c2ccc3c(c2)NC(=O)CO3)c1[N+](=O)[O-]. The van der Waals surface area contributed by atoms with Crippen LogP contribution in [0.15, 0.2) is 36.4 Å². The number of nitrogens with zero attached hydrogens (tertiary/aromatic N) is 1. The number of amides is 2. The Morgan fingerprint density at radius 1 is 1.35 bits per heavy atom. The summed E-state index contributed by atoms with van der Waals surface area (Å²) >= 11 is 0. The number of anilines is 1. The molecule has 0 radical (unpaired) electrons. The molecule has 8 heteroatoms. The van der Waals surface area contributed by atoms with Crippen molar-refractivity contribution in [3.05, 3.63) is 63.2 Å². The van der Waals surface area contributed by atoms with E-state index in [9.17, 15) is 19.7 Å². The van der Waals surface area contributed by atoms with Crippen LogP contribution in [0.4, 0.5) is 11.4 Å². The van der Waals surface area contributed by atoms with E-state index in [1.807, 2.05) is 0 Å². The van der Waals surface area contributed by atoms with Crippen LogP contribution >= 0.6 is 0 Å². The zero-order chi connectivity index (χ0) is 18.8. The van der Waals surface area contributed by atoms with Crippen molar-refractivity contribution >= 4 is 23.2 Å². The molecule has 0 spiro atoms. The van der Waals surface area contributed by atoms with E-state index in [4.69, 9.17) is 4.74 Å². The van der Waals surface area contributed by atoms with Gasteiger partial charge in [0.1, 0.15) is 11.3 Å². The summed E-state index contributed by atoms with van der Waals surface area (Å²) in [5.41, 5.74) is 1.49. The van der Waals surface area contributed by atoms with E-state index in [0.717, 1.165) is 5.56 Å². The summed E-state index contributed by atoms with van der Waals surface area (Å²) in [6, 6.07) is 9.38. The number of carbonyl (C=O) groups is 2. The second-order valence-electron chi connectivity index (χ2n) is 6.02. The highest BCUT2D eigenvalue weighted by molar-refractivity contribution is 5.99. The van der Waals surface area contributed by atoms with Gasteiger partial charge in [-0.3, -0.25) is 19.7 Å². The van der Waals surface area contributed by atoms with Gasteiger partial charge in [-0.2, -0.15) is 0 Å². The van der Waals surface area contributed by atoms with Crippen LogP contribution in [0.5, 0.6) is 5.75 Å². The minimum atomic E-state index is -0.555. The highest BCUT2D eigenvalue weighted by Crippen LogP contribution is 2.31. The van der Waals surface area contributed by atoms with Crippen molar-refractivity contribution < 1.29 is 19.2 Å². The number of ether oxygens (including phenoxy) is 1. The fraction of sp³-hybridized carbons (Fsp3) is 0.222. The first-order valence-electron chi connectivity index (χ1n) is 7.98. The molecule has 2 aromatic carbocycles. The molecule has 0 bridgehead atoms. The van der Waals surface area contributed by atoms with Gasteiger partial charge in [0.15, 0.2) is 6.61 Å². The van der Waals surface area contributed by atoms with Gasteiger partial charge in [-0.15, -0.1) is 0 Å². The Bertz CT molecular complexity index is 910. The third kappa shape index (κ3) is 3.34. The lowest BCUT2D eigenvalue weighted by Crippen LogP contribution is -2.28. The standard InChI is InChI=1S/C18H17N3O5/c1-10-4-3-5-13(17(10)21(24)25)18(23)19-11(2)12-6-7-15-14(8-12)20-16(22)9-26-15/h3-8,11H,9H2,1-2H3,(H,19,23)(H,20,22)/t11-/m1/s1. The zero-order valence-corrected chi connectivity index (χ0v) is 14.2. The van der Waals surface area contributed by atoms with Crippen molar-refractivity contribution in [3.8, 4) is 5.75 Å². The number of carbonyl (C=O) groups excluding carboxylic acids is 2. The number of fused-ring (bicyclic) bond motifs is 1. The molecule has 134 valence electrons. The molecule has 1 atom stereocenters. The molecule has 0 saturated carbocycles. The maximum Gasteiger partial charge on any atom is 0.285 e. The number of nitro benzene ring substituents is 1. The largest absolute Gasteiger partial charge is 0.482 e. The summed E-state index contributed by atoms with van der Waals surface area (Å²) in [6.45, 7) is 3.31. The summed E-state index contributed by atoms with van der Waals surface area (Å²) in [4.78, 5) is 34.7. The smallest absolute Gasteiger partial charge is 0.285 e. The van der Waals surface area contributed by atoms with E-state index in [1.165, 1.54) is 6.07 Å². The molecule has 1 aliphatic heterocycles. The van der Waals surface area contributed by atoms with Crippen LogP contribution in [-0.2, 0) is 4.79 Å². The topological polar surface area (TPSA) is 111 Å². The Morgan fingerprint density at radius 2 is 2.12 bits per heavy atom. The summed E-state index contributed by atoms with van der Waals surface area (Å²) in [5.74, 6) is -0.228. The van der Waals surface area contributed by atoms with E-state index in [-0.39, 0.29) is 23.8 Å². The van der Waals surface area contributed by atoms with Gasteiger partial charge < -0.3 is 15.4 Å². The monoisotopic (exact) mass is 355 g/mol. The van der Waals surface area contributed by atoms with Crippen molar-refractivity contribution in [3.63, 3.8) is 0 Å². The Labute approximate surface area is 149 Å². The molecule has 2 aromatic rings. The molecule has 0 aromatic heterocycles. The molecule has 0 aliphatic carbocycles. The number of rotatable bonds is 4. The van der Waals surface area contributed by atoms with E-state index >= 15 is 0 Å². The van der Waals surface area contributed by atoms with Crippen LogP contribution in [0.3, 0.4) is 0 Å².